The molecule has 2 unspecified atom stereocenters. The zero-order valence-electron chi connectivity index (χ0n) is 10.2. The van der Waals surface area contributed by atoms with Crippen molar-refractivity contribution in [2.75, 3.05) is 5.75 Å². The molecule has 0 aliphatic rings. The Morgan fingerprint density at radius 3 is 2.76 bits per heavy atom. The van der Waals surface area contributed by atoms with Crippen molar-refractivity contribution in [3.63, 3.8) is 0 Å². The smallest absolute Gasteiger partial charge is 0.127 e. The highest BCUT2D eigenvalue weighted by Gasteiger charge is 2.12. The van der Waals surface area contributed by atoms with Gasteiger partial charge in [-0.3, -0.25) is 0 Å². The standard InChI is InChI=1S/C13H19ClFNS/c1-3-9(2)17-8-10(16)7-11-12(14)5-4-6-13(11)15/h4-6,9-10H,3,7-8,16H2,1-2H3. The predicted molar refractivity (Wildman–Crippen MR) is 75.3 cm³/mol. The van der Waals surface area contributed by atoms with Gasteiger partial charge in [0.1, 0.15) is 5.82 Å². The van der Waals surface area contributed by atoms with Gasteiger partial charge in [-0.25, -0.2) is 4.39 Å². The van der Waals surface area contributed by atoms with Crippen LogP contribution in [0.5, 0.6) is 0 Å². The quantitative estimate of drug-likeness (QED) is 0.853. The largest absolute Gasteiger partial charge is 0.327 e. The van der Waals surface area contributed by atoms with Crippen LogP contribution in [0.25, 0.3) is 0 Å². The molecule has 0 heterocycles. The summed E-state index contributed by atoms with van der Waals surface area (Å²) >= 11 is 7.79. The topological polar surface area (TPSA) is 26.0 Å². The minimum atomic E-state index is -0.263. The van der Waals surface area contributed by atoms with Crippen LogP contribution >= 0.6 is 23.4 Å². The molecule has 0 bridgehead atoms. The number of benzene rings is 1. The third-order valence-electron chi connectivity index (χ3n) is 2.70. The monoisotopic (exact) mass is 275 g/mol. The third-order valence-corrected chi connectivity index (χ3v) is 4.57. The molecule has 96 valence electrons. The molecule has 0 aliphatic carbocycles. The van der Waals surface area contributed by atoms with Crippen molar-refractivity contribution in [1.29, 1.82) is 0 Å². The van der Waals surface area contributed by atoms with E-state index in [1.165, 1.54) is 6.07 Å². The van der Waals surface area contributed by atoms with E-state index in [1.54, 1.807) is 12.1 Å². The van der Waals surface area contributed by atoms with Gasteiger partial charge >= 0.3 is 0 Å². The van der Waals surface area contributed by atoms with Crippen molar-refractivity contribution in [3.8, 4) is 0 Å². The first-order valence-corrected chi connectivity index (χ1v) is 7.27. The van der Waals surface area contributed by atoms with Gasteiger partial charge in [0.2, 0.25) is 0 Å². The van der Waals surface area contributed by atoms with Gasteiger partial charge in [0, 0.05) is 27.6 Å². The molecular formula is C13H19ClFNS. The maximum Gasteiger partial charge on any atom is 0.127 e. The van der Waals surface area contributed by atoms with Crippen molar-refractivity contribution < 1.29 is 4.39 Å². The Bertz CT molecular complexity index is 339. The van der Waals surface area contributed by atoms with E-state index < -0.39 is 0 Å². The highest BCUT2D eigenvalue weighted by Crippen LogP contribution is 2.22. The van der Waals surface area contributed by atoms with Crippen molar-refractivity contribution in [1.82, 2.24) is 0 Å². The van der Waals surface area contributed by atoms with Crippen LogP contribution in [-0.4, -0.2) is 17.0 Å². The first kappa shape index (κ1) is 14.8. The lowest BCUT2D eigenvalue weighted by atomic mass is 10.1. The highest BCUT2D eigenvalue weighted by molar-refractivity contribution is 7.99. The SMILES string of the molecule is CCC(C)SCC(N)Cc1c(F)cccc1Cl. The summed E-state index contributed by atoms with van der Waals surface area (Å²) < 4.78 is 13.5. The van der Waals surface area contributed by atoms with Crippen molar-refractivity contribution >= 4 is 23.4 Å². The average Bonchev–Trinajstić information content (AvgIpc) is 2.31. The molecule has 0 fully saturated rings. The lowest BCUT2D eigenvalue weighted by Crippen LogP contribution is -2.27. The molecule has 0 amide bonds. The first-order chi connectivity index (χ1) is 8.04. The van der Waals surface area contributed by atoms with E-state index in [1.807, 2.05) is 11.8 Å². The molecule has 0 saturated heterocycles. The molecule has 0 aromatic heterocycles. The lowest BCUT2D eigenvalue weighted by Gasteiger charge is -2.15. The van der Waals surface area contributed by atoms with Crippen molar-refractivity contribution in [2.45, 2.75) is 38.0 Å². The van der Waals surface area contributed by atoms with Crippen LogP contribution in [0.2, 0.25) is 5.02 Å². The molecule has 0 radical (unpaired) electrons. The molecule has 0 saturated carbocycles. The Hall–Kier alpha value is -0.250. The maximum absolute atomic E-state index is 13.5. The molecule has 4 heteroatoms. The minimum Gasteiger partial charge on any atom is -0.327 e. The number of nitrogens with two attached hydrogens (primary N) is 1. The second kappa shape index (κ2) is 7.24. The number of hydrogen-bond acceptors (Lipinski definition) is 2. The van der Waals surface area contributed by atoms with E-state index in [4.69, 9.17) is 17.3 Å². The molecule has 1 aromatic carbocycles. The fourth-order valence-electron chi connectivity index (χ4n) is 1.45. The molecule has 2 atom stereocenters. The van der Waals surface area contributed by atoms with Gasteiger partial charge in [-0.2, -0.15) is 11.8 Å². The van der Waals surface area contributed by atoms with Crippen LogP contribution in [0.15, 0.2) is 18.2 Å². The zero-order chi connectivity index (χ0) is 12.8. The Kier molecular flexibility index (Phi) is 6.31. The first-order valence-electron chi connectivity index (χ1n) is 5.84. The van der Waals surface area contributed by atoms with Gasteiger partial charge in [-0.05, 0) is 25.0 Å². The van der Waals surface area contributed by atoms with Gasteiger partial charge < -0.3 is 5.73 Å². The number of thioether (sulfide) groups is 1. The van der Waals surface area contributed by atoms with Gasteiger partial charge in [0.05, 0.1) is 0 Å². The second-order valence-electron chi connectivity index (χ2n) is 4.22. The summed E-state index contributed by atoms with van der Waals surface area (Å²) in [5.74, 6) is 0.570. The van der Waals surface area contributed by atoms with Crippen LogP contribution in [0.4, 0.5) is 4.39 Å². The van der Waals surface area contributed by atoms with E-state index in [0.717, 1.165) is 12.2 Å². The van der Waals surface area contributed by atoms with Crippen LogP contribution in [0.1, 0.15) is 25.8 Å². The van der Waals surface area contributed by atoms with E-state index in [-0.39, 0.29) is 11.9 Å². The summed E-state index contributed by atoms with van der Waals surface area (Å²) in [5.41, 5.74) is 6.53. The second-order valence-corrected chi connectivity index (χ2v) is 6.10. The van der Waals surface area contributed by atoms with Crippen molar-refractivity contribution in [2.24, 2.45) is 5.73 Å². The minimum absolute atomic E-state index is 0.0524. The fraction of sp³-hybridized carbons (Fsp3) is 0.538. The summed E-state index contributed by atoms with van der Waals surface area (Å²) in [7, 11) is 0. The summed E-state index contributed by atoms with van der Waals surface area (Å²) in [5, 5.41) is 1.06. The maximum atomic E-state index is 13.5. The Balaban J connectivity index is 2.53. The Labute approximate surface area is 112 Å². The molecule has 1 aromatic rings. The van der Waals surface area contributed by atoms with Gasteiger partial charge in [0.25, 0.3) is 0 Å². The Morgan fingerprint density at radius 1 is 1.47 bits per heavy atom. The molecule has 1 rings (SSSR count). The van der Waals surface area contributed by atoms with E-state index in [0.29, 0.717) is 22.3 Å². The molecule has 0 spiro atoms. The molecular weight excluding hydrogens is 257 g/mol. The van der Waals surface area contributed by atoms with E-state index in [2.05, 4.69) is 13.8 Å². The number of halogens is 2. The lowest BCUT2D eigenvalue weighted by molar-refractivity contribution is 0.597. The van der Waals surface area contributed by atoms with Gasteiger partial charge in [-0.1, -0.05) is 31.5 Å². The molecule has 1 nitrogen and oxygen atoms in total. The van der Waals surface area contributed by atoms with Crippen LogP contribution < -0.4 is 5.73 Å². The van der Waals surface area contributed by atoms with Gasteiger partial charge in [0.15, 0.2) is 0 Å². The fourth-order valence-corrected chi connectivity index (χ4v) is 2.62. The summed E-state index contributed by atoms with van der Waals surface area (Å²) in [6.07, 6.45) is 1.62. The van der Waals surface area contributed by atoms with Crippen LogP contribution in [-0.2, 0) is 6.42 Å². The van der Waals surface area contributed by atoms with Crippen LogP contribution in [0.3, 0.4) is 0 Å². The van der Waals surface area contributed by atoms with E-state index in [9.17, 15) is 4.39 Å². The third kappa shape index (κ3) is 4.86. The molecule has 2 N–H and O–H groups in total. The van der Waals surface area contributed by atoms with Crippen molar-refractivity contribution in [3.05, 3.63) is 34.6 Å². The summed E-state index contributed by atoms with van der Waals surface area (Å²) in [6.45, 7) is 4.32. The van der Waals surface area contributed by atoms with E-state index >= 15 is 0 Å². The Morgan fingerprint density at radius 2 is 2.18 bits per heavy atom. The zero-order valence-corrected chi connectivity index (χ0v) is 11.8. The molecule has 17 heavy (non-hydrogen) atoms. The summed E-state index contributed by atoms with van der Waals surface area (Å²) in [6, 6.07) is 4.69. The summed E-state index contributed by atoms with van der Waals surface area (Å²) in [4.78, 5) is 0. The highest BCUT2D eigenvalue weighted by atomic mass is 35.5. The average molecular weight is 276 g/mol. The molecule has 0 aliphatic heterocycles. The number of rotatable bonds is 6. The predicted octanol–water partition coefficient (Wildman–Crippen LogP) is 3.88. The van der Waals surface area contributed by atoms with Crippen LogP contribution in [0, 0.1) is 5.82 Å². The van der Waals surface area contributed by atoms with Gasteiger partial charge in [-0.15, -0.1) is 0 Å². The number of hydrogen-bond donors (Lipinski definition) is 1. The normalized spacial score (nSPS) is 14.6.